The van der Waals surface area contributed by atoms with Gasteiger partial charge in [-0.1, -0.05) is 59.6 Å². The first-order chi connectivity index (χ1) is 13.1. The highest BCUT2D eigenvalue weighted by Crippen LogP contribution is 2.23. The summed E-state index contributed by atoms with van der Waals surface area (Å²) in [6.07, 6.45) is 2.93. The highest BCUT2D eigenvalue weighted by atomic mass is 35.5. The zero-order valence-electron chi connectivity index (χ0n) is 14.3. The van der Waals surface area contributed by atoms with E-state index >= 15 is 0 Å². The monoisotopic (exact) mass is 398 g/mol. The van der Waals surface area contributed by atoms with E-state index in [0.29, 0.717) is 21.4 Å². The number of hydrogen-bond donors (Lipinski definition) is 0. The van der Waals surface area contributed by atoms with Gasteiger partial charge in [0.15, 0.2) is 0 Å². The molecule has 0 saturated heterocycles. The Balaban J connectivity index is 1.57. The summed E-state index contributed by atoms with van der Waals surface area (Å²) >= 11 is 11.9. The Morgan fingerprint density at radius 2 is 1.67 bits per heavy atom. The average Bonchev–Trinajstić information content (AvgIpc) is 2.67. The quantitative estimate of drug-likeness (QED) is 0.349. The maximum Gasteiger partial charge on any atom is 0.331 e. The minimum atomic E-state index is -0.463. The molecule has 3 rings (SSSR count). The third-order valence-corrected chi connectivity index (χ3v) is 4.18. The molecule has 136 valence electrons. The van der Waals surface area contributed by atoms with Crippen LogP contribution in [0, 0.1) is 0 Å². The van der Waals surface area contributed by atoms with Gasteiger partial charge in [0.2, 0.25) is 0 Å². The lowest BCUT2D eigenvalue weighted by atomic mass is 10.2. The third kappa shape index (κ3) is 5.88. The molecule has 0 aliphatic heterocycles. The second-order valence-corrected chi connectivity index (χ2v) is 6.51. The molecule has 0 aliphatic carbocycles. The first kappa shape index (κ1) is 19.0. The van der Waals surface area contributed by atoms with Gasteiger partial charge in [0.25, 0.3) is 0 Å². The van der Waals surface area contributed by atoms with Crippen LogP contribution in [-0.2, 0) is 16.1 Å². The lowest BCUT2D eigenvalue weighted by molar-refractivity contribution is -0.138. The van der Waals surface area contributed by atoms with Gasteiger partial charge in [-0.3, -0.25) is 0 Å². The molecule has 0 bridgehead atoms. The normalized spacial score (nSPS) is 10.7. The number of ether oxygens (including phenoxy) is 2. The average molecular weight is 399 g/mol. The molecule has 5 heteroatoms. The molecule has 0 heterocycles. The summed E-state index contributed by atoms with van der Waals surface area (Å²) in [5.41, 5.74) is 1.52. The highest BCUT2D eigenvalue weighted by molar-refractivity contribution is 6.35. The van der Waals surface area contributed by atoms with Crippen LogP contribution in [0.25, 0.3) is 6.08 Å². The van der Waals surface area contributed by atoms with Crippen molar-refractivity contribution in [3.8, 4) is 11.5 Å². The van der Waals surface area contributed by atoms with Crippen LogP contribution < -0.4 is 4.74 Å². The van der Waals surface area contributed by atoms with Crippen molar-refractivity contribution in [1.29, 1.82) is 0 Å². The molecule has 0 radical (unpaired) electrons. The van der Waals surface area contributed by atoms with E-state index in [0.717, 1.165) is 11.3 Å². The summed E-state index contributed by atoms with van der Waals surface area (Å²) in [5, 5.41) is 1.01. The molecule has 0 aliphatic rings. The van der Waals surface area contributed by atoms with Crippen LogP contribution in [0.3, 0.4) is 0 Å². The molecule has 0 unspecified atom stereocenters. The topological polar surface area (TPSA) is 35.5 Å². The van der Waals surface area contributed by atoms with E-state index in [-0.39, 0.29) is 6.61 Å². The van der Waals surface area contributed by atoms with Crippen molar-refractivity contribution < 1.29 is 14.3 Å². The molecule has 3 aromatic rings. The Hall–Kier alpha value is -2.75. The Bertz CT molecular complexity index is 953. The zero-order valence-corrected chi connectivity index (χ0v) is 15.8. The highest BCUT2D eigenvalue weighted by Gasteiger charge is 2.03. The molecule has 0 atom stereocenters. The summed E-state index contributed by atoms with van der Waals surface area (Å²) in [6.45, 7) is 0.142. The van der Waals surface area contributed by atoms with E-state index in [9.17, 15) is 4.79 Å². The van der Waals surface area contributed by atoms with Crippen LogP contribution in [-0.4, -0.2) is 5.97 Å². The maximum absolute atomic E-state index is 11.9. The number of hydrogen-bond acceptors (Lipinski definition) is 3. The fourth-order valence-corrected chi connectivity index (χ4v) is 2.79. The predicted octanol–water partition coefficient (Wildman–Crippen LogP) is 6.54. The Morgan fingerprint density at radius 1 is 0.889 bits per heavy atom. The smallest absolute Gasteiger partial charge is 0.331 e. The fraction of sp³-hybridized carbons (Fsp3) is 0.0455. The summed E-state index contributed by atoms with van der Waals surface area (Å²) in [7, 11) is 0. The van der Waals surface area contributed by atoms with Gasteiger partial charge >= 0.3 is 5.97 Å². The van der Waals surface area contributed by atoms with Gasteiger partial charge < -0.3 is 9.47 Å². The van der Waals surface area contributed by atoms with Crippen molar-refractivity contribution in [3.05, 3.63) is 100 Å². The van der Waals surface area contributed by atoms with E-state index in [1.807, 2.05) is 54.6 Å². The van der Waals surface area contributed by atoms with Crippen LogP contribution in [0.5, 0.6) is 11.5 Å². The molecule has 3 nitrogen and oxygen atoms in total. The van der Waals surface area contributed by atoms with Crippen molar-refractivity contribution in [1.82, 2.24) is 0 Å². The van der Waals surface area contributed by atoms with E-state index in [4.69, 9.17) is 32.7 Å². The molecular weight excluding hydrogens is 383 g/mol. The number of esters is 1. The first-order valence-electron chi connectivity index (χ1n) is 8.22. The SMILES string of the molecule is O=C(/C=C/c1ccc(Cl)cc1Cl)OCc1cccc(Oc2ccccc2)c1. The molecule has 27 heavy (non-hydrogen) atoms. The largest absolute Gasteiger partial charge is 0.458 e. The zero-order chi connectivity index (χ0) is 19.1. The van der Waals surface area contributed by atoms with E-state index < -0.39 is 5.97 Å². The molecule has 0 saturated carbocycles. The molecule has 0 spiro atoms. The standard InChI is InChI=1S/C22H16Cl2O3/c23-18-11-9-17(21(24)14-18)10-12-22(25)26-15-16-5-4-8-20(13-16)27-19-6-2-1-3-7-19/h1-14H,15H2/b12-10+. The number of rotatable bonds is 6. The Morgan fingerprint density at radius 3 is 2.44 bits per heavy atom. The lowest BCUT2D eigenvalue weighted by Gasteiger charge is -2.08. The number of carbonyl (C=O) groups excluding carboxylic acids is 1. The second kappa shape index (κ2) is 9.26. The molecular formula is C22H16Cl2O3. The van der Waals surface area contributed by atoms with Crippen LogP contribution in [0.4, 0.5) is 0 Å². The Labute approximate surface area is 167 Å². The van der Waals surface area contributed by atoms with Crippen molar-refractivity contribution in [2.45, 2.75) is 6.61 Å². The van der Waals surface area contributed by atoms with Crippen LogP contribution in [0.15, 0.2) is 78.9 Å². The fourth-order valence-electron chi connectivity index (χ4n) is 2.32. The van der Waals surface area contributed by atoms with Gasteiger partial charge in [-0.2, -0.15) is 0 Å². The predicted molar refractivity (Wildman–Crippen MR) is 108 cm³/mol. The lowest BCUT2D eigenvalue weighted by Crippen LogP contribution is -2.00. The first-order valence-corrected chi connectivity index (χ1v) is 8.97. The molecule has 0 aromatic heterocycles. The maximum atomic E-state index is 11.9. The van der Waals surface area contributed by atoms with Crippen LogP contribution >= 0.6 is 23.2 Å². The van der Waals surface area contributed by atoms with Crippen LogP contribution in [0.2, 0.25) is 10.0 Å². The van der Waals surface area contributed by atoms with Gasteiger partial charge in [0.1, 0.15) is 18.1 Å². The third-order valence-electron chi connectivity index (χ3n) is 3.62. The van der Waals surface area contributed by atoms with Crippen LogP contribution in [0.1, 0.15) is 11.1 Å². The number of carbonyl (C=O) groups is 1. The number of halogens is 2. The molecule has 0 amide bonds. The van der Waals surface area contributed by atoms with Gasteiger partial charge in [-0.05, 0) is 53.6 Å². The van der Waals surface area contributed by atoms with Gasteiger partial charge in [-0.25, -0.2) is 4.79 Å². The molecule has 0 N–H and O–H groups in total. The summed E-state index contributed by atoms with van der Waals surface area (Å²) in [6, 6.07) is 21.9. The summed E-state index contributed by atoms with van der Waals surface area (Å²) < 4.78 is 11.0. The minimum Gasteiger partial charge on any atom is -0.458 e. The minimum absolute atomic E-state index is 0.142. The van der Waals surface area contributed by atoms with Crippen molar-refractivity contribution in [3.63, 3.8) is 0 Å². The molecule has 3 aromatic carbocycles. The molecule has 0 fully saturated rings. The van der Waals surface area contributed by atoms with E-state index in [2.05, 4.69) is 0 Å². The van der Waals surface area contributed by atoms with E-state index in [1.165, 1.54) is 6.08 Å². The van der Waals surface area contributed by atoms with Gasteiger partial charge in [-0.15, -0.1) is 0 Å². The summed E-state index contributed by atoms with van der Waals surface area (Å²) in [5.74, 6) is 0.961. The van der Waals surface area contributed by atoms with Gasteiger partial charge in [0, 0.05) is 16.1 Å². The van der Waals surface area contributed by atoms with Crippen molar-refractivity contribution in [2.75, 3.05) is 0 Å². The summed E-state index contributed by atoms with van der Waals surface area (Å²) in [4.78, 5) is 11.9. The number of para-hydroxylation sites is 1. The van der Waals surface area contributed by atoms with Crippen molar-refractivity contribution in [2.24, 2.45) is 0 Å². The number of benzene rings is 3. The van der Waals surface area contributed by atoms with Crippen molar-refractivity contribution >= 4 is 35.2 Å². The Kier molecular flexibility index (Phi) is 6.53. The second-order valence-electron chi connectivity index (χ2n) is 5.67. The van der Waals surface area contributed by atoms with E-state index in [1.54, 1.807) is 24.3 Å². The van der Waals surface area contributed by atoms with Gasteiger partial charge in [0.05, 0.1) is 0 Å².